The normalized spacial score (nSPS) is 12.0. The van der Waals surface area contributed by atoms with Crippen LogP contribution in [0.15, 0.2) is 6.20 Å². The zero-order chi connectivity index (χ0) is 7.78. The minimum atomic E-state index is -1.27. The standard InChI is InChI=1S/C6H13N3Si/c1-6-5-9(8-7-6)10(2,3)4/h5H,1-4H3. The van der Waals surface area contributed by atoms with Crippen molar-refractivity contribution in [1.82, 2.24) is 14.7 Å². The Balaban J connectivity index is 2.96. The molecule has 0 saturated heterocycles. The first-order valence-electron chi connectivity index (χ1n) is 3.39. The number of aromatic nitrogens is 3. The van der Waals surface area contributed by atoms with Gasteiger partial charge in [-0.2, -0.15) is 0 Å². The van der Waals surface area contributed by atoms with Crippen LogP contribution in [-0.2, 0) is 0 Å². The van der Waals surface area contributed by atoms with Gasteiger partial charge >= 0.3 is 0 Å². The summed E-state index contributed by atoms with van der Waals surface area (Å²) in [6.07, 6.45) is 2.01. The first-order chi connectivity index (χ1) is 4.50. The van der Waals surface area contributed by atoms with Gasteiger partial charge in [-0.1, -0.05) is 5.21 Å². The Bertz CT molecular complexity index is 223. The highest BCUT2D eigenvalue weighted by atomic mass is 28.3. The molecule has 0 N–H and O–H groups in total. The van der Waals surface area contributed by atoms with E-state index in [1.54, 1.807) is 0 Å². The molecule has 1 aromatic rings. The fourth-order valence-electron chi connectivity index (χ4n) is 0.675. The second-order valence-corrected chi connectivity index (χ2v) is 8.28. The second-order valence-electron chi connectivity index (χ2n) is 3.48. The molecule has 0 unspecified atom stereocenters. The lowest BCUT2D eigenvalue weighted by Crippen LogP contribution is -2.32. The maximum absolute atomic E-state index is 4.02. The second kappa shape index (κ2) is 2.19. The highest BCUT2D eigenvalue weighted by molar-refractivity contribution is 6.74. The van der Waals surface area contributed by atoms with Gasteiger partial charge in [-0.25, -0.2) is 0 Å². The summed E-state index contributed by atoms with van der Waals surface area (Å²) in [5.74, 6) is 0. The quantitative estimate of drug-likeness (QED) is 0.572. The van der Waals surface area contributed by atoms with Gasteiger partial charge in [0.15, 0.2) is 8.24 Å². The predicted molar refractivity (Wildman–Crippen MR) is 43.5 cm³/mol. The van der Waals surface area contributed by atoms with Crippen LogP contribution in [-0.4, -0.2) is 22.9 Å². The lowest BCUT2D eigenvalue weighted by Gasteiger charge is -2.14. The number of aryl methyl sites for hydroxylation is 1. The third-order valence-electron chi connectivity index (χ3n) is 1.30. The van der Waals surface area contributed by atoms with E-state index in [9.17, 15) is 0 Å². The maximum atomic E-state index is 4.02. The molecule has 0 aromatic carbocycles. The Hall–Kier alpha value is -0.643. The van der Waals surface area contributed by atoms with Crippen LogP contribution in [0.1, 0.15) is 5.69 Å². The van der Waals surface area contributed by atoms with E-state index in [2.05, 4.69) is 30.0 Å². The van der Waals surface area contributed by atoms with Crippen LogP contribution in [0.2, 0.25) is 19.6 Å². The van der Waals surface area contributed by atoms with Crippen LogP contribution < -0.4 is 0 Å². The minimum Gasteiger partial charge on any atom is -0.282 e. The molecule has 0 amide bonds. The van der Waals surface area contributed by atoms with Crippen LogP contribution in [0.3, 0.4) is 0 Å². The van der Waals surface area contributed by atoms with Crippen LogP contribution in [0.4, 0.5) is 0 Å². The molecule has 0 aliphatic rings. The zero-order valence-electron chi connectivity index (χ0n) is 6.92. The van der Waals surface area contributed by atoms with E-state index in [-0.39, 0.29) is 0 Å². The van der Waals surface area contributed by atoms with Crippen molar-refractivity contribution in [3.8, 4) is 0 Å². The van der Waals surface area contributed by atoms with E-state index in [0.29, 0.717) is 0 Å². The molecule has 0 atom stereocenters. The highest BCUT2D eigenvalue weighted by Gasteiger charge is 2.17. The molecule has 1 aromatic heterocycles. The lowest BCUT2D eigenvalue weighted by molar-refractivity contribution is 0.838. The number of hydrogen-bond donors (Lipinski definition) is 0. The molecule has 10 heavy (non-hydrogen) atoms. The molecule has 4 heteroatoms. The van der Waals surface area contributed by atoms with Crippen molar-refractivity contribution in [2.75, 3.05) is 0 Å². The summed E-state index contributed by atoms with van der Waals surface area (Å²) in [6, 6.07) is 0. The zero-order valence-corrected chi connectivity index (χ0v) is 7.92. The van der Waals surface area contributed by atoms with Crippen LogP contribution >= 0.6 is 0 Å². The van der Waals surface area contributed by atoms with Gasteiger partial charge in [0, 0.05) is 6.20 Å². The number of nitrogens with zero attached hydrogens (tertiary/aromatic N) is 3. The summed E-state index contributed by atoms with van der Waals surface area (Å²) in [5.41, 5.74) is 1.00. The summed E-state index contributed by atoms with van der Waals surface area (Å²) in [5, 5.41) is 7.95. The van der Waals surface area contributed by atoms with Crippen molar-refractivity contribution in [3.63, 3.8) is 0 Å². The molecule has 0 spiro atoms. The summed E-state index contributed by atoms with van der Waals surface area (Å²) in [6.45, 7) is 8.67. The first-order valence-corrected chi connectivity index (χ1v) is 6.84. The fraction of sp³-hybridized carbons (Fsp3) is 0.667. The Morgan fingerprint density at radius 2 is 2.00 bits per heavy atom. The van der Waals surface area contributed by atoms with E-state index in [4.69, 9.17) is 0 Å². The van der Waals surface area contributed by atoms with Gasteiger partial charge in [-0.15, -0.1) is 5.10 Å². The average Bonchev–Trinajstić information content (AvgIpc) is 2.11. The summed E-state index contributed by atoms with van der Waals surface area (Å²) in [7, 11) is -1.27. The summed E-state index contributed by atoms with van der Waals surface area (Å²) < 4.78 is 2.00. The Morgan fingerprint density at radius 1 is 1.40 bits per heavy atom. The van der Waals surface area contributed by atoms with Crippen LogP contribution in [0.25, 0.3) is 0 Å². The van der Waals surface area contributed by atoms with Crippen molar-refractivity contribution in [2.45, 2.75) is 26.6 Å². The fourth-order valence-corrected chi connectivity index (χ4v) is 1.56. The smallest absolute Gasteiger partial charge is 0.178 e. The Kier molecular flexibility index (Phi) is 1.64. The molecule has 0 aliphatic heterocycles. The molecule has 0 saturated carbocycles. The third kappa shape index (κ3) is 1.44. The predicted octanol–water partition coefficient (Wildman–Crippen LogP) is 1.27. The molecule has 56 valence electrons. The monoisotopic (exact) mass is 155 g/mol. The lowest BCUT2D eigenvalue weighted by atomic mass is 10.6. The Labute approximate surface area is 62.1 Å². The average molecular weight is 155 g/mol. The topological polar surface area (TPSA) is 30.7 Å². The number of rotatable bonds is 1. The molecule has 0 radical (unpaired) electrons. The minimum absolute atomic E-state index is 1.00. The molecule has 0 aliphatic carbocycles. The molecular weight excluding hydrogens is 142 g/mol. The van der Waals surface area contributed by atoms with Crippen molar-refractivity contribution >= 4 is 8.24 Å². The van der Waals surface area contributed by atoms with Crippen molar-refractivity contribution < 1.29 is 0 Å². The Morgan fingerprint density at radius 3 is 2.20 bits per heavy atom. The van der Waals surface area contributed by atoms with Gasteiger partial charge in [-0.05, 0) is 26.6 Å². The van der Waals surface area contributed by atoms with Gasteiger partial charge < -0.3 is 0 Å². The van der Waals surface area contributed by atoms with E-state index in [1.165, 1.54) is 0 Å². The first kappa shape index (κ1) is 7.46. The van der Waals surface area contributed by atoms with Crippen molar-refractivity contribution in [3.05, 3.63) is 11.9 Å². The van der Waals surface area contributed by atoms with E-state index >= 15 is 0 Å². The van der Waals surface area contributed by atoms with Gasteiger partial charge in [0.1, 0.15) is 0 Å². The van der Waals surface area contributed by atoms with E-state index in [1.807, 2.05) is 17.5 Å². The highest BCUT2D eigenvalue weighted by Crippen LogP contribution is 2.03. The third-order valence-corrected chi connectivity index (χ3v) is 2.89. The van der Waals surface area contributed by atoms with Gasteiger partial charge in [0.05, 0.1) is 5.69 Å². The van der Waals surface area contributed by atoms with E-state index in [0.717, 1.165) is 5.69 Å². The molecule has 3 nitrogen and oxygen atoms in total. The van der Waals surface area contributed by atoms with Crippen molar-refractivity contribution in [1.29, 1.82) is 0 Å². The molecule has 1 rings (SSSR count). The van der Waals surface area contributed by atoms with E-state index < -0.39 is 8.24 Å². The molecular formula is C6H13N3Si. The largest absolute Gasteiger partial charge is 0.282 e. The van der Waals surface area contributed by atoms with Crippen molar-refractivity contribution in [2.24, 2.45) is 0 Å². The molecule has 0 fully saturated rings. The maximum Gasteiger partial charge on any atom is 0.178 e. The summed E-state index contributed by atoms with van der Waals surface area (Å²) >= 11 is 0. The molecule has 0 bridgehead atoms. The van der Waals surface area contributed by atoms with Gasteiger partial charge in [0.2, 0.25) is 0 Å². The van der Waals surface area contributed by atoms with Crippen LogP contribution in [0.5, 0.6) is 0 Å². The van der Waals surface area contributed by atoms with Gasteiger partial charge in [-0.3, -0.25) is 4.35 Å². The SMILES string of the molecule is Cc1cn([Si](C)(C)C)nn1. The number of hydrogen-bond acceptors (Lipinski definition) is 2. The van der Waals surface area contributed by atoms with Crippen LogP contribution in [0, 0.1) is 6.92 Å². The summed E-state index contributed by atoms with van der Waals surface area (Å²) in [4.78, 5) is 0. The molecule has 1 heterocycles. The van der Waals surface area contributed by atoms with Gasteiger partial charge in [0.25, 0.3) is 0 Å².